The molecule has 4 N–H and O–H groups in total. The van der Waals surface area contributed by atoms with E-state index in [9.17, 15) is 18.0 Å². The summed E-state index contributed by atoms with van der Waals surface area (Å²) in [7, 11) is 0. The molecule has 0 fully saturated rings. The van der Waals surface area contributed by atoms with Crippen LogP contribution >= 0.6 is 12.2 Å². The van der Waals surface area contributed by atoms with Crippen LogP contribution in [0.1, 0.15) is 26.3 Å². The van der Waals surface area contributed by atoms with E-state index in [-0.39, 0.29) is 16.4 Å². The van der Waals surface area contributed by atoms with Crippen molar-refractivity contribution in [3.8, 4) is 5.75 Å². The van der Waals surface area contributed by atoms with Gasteiger partial charge in [-0.05, 0) is 51.2 Å². The first-order valence-electron chi connectivity index (χ1n) is 6.84. The van der Waals surface area contributed by atoms with Gasteiger partial charge >= 0.3 is 12.5 Å². The Balaban J connectivity index is 3.06. The maximum Gasteiger partial charge on any atom is 0.573 e. The average molecular weight is 378 g/mol. The number of hydrogen-bond acceptors (Lipinski definition) is 5. The summed E-state index contributed by atoms with van der Waals surface area (Å²) in [5.74, 6) is -0.487. The average Bonchev–Trinajstić information content (AvgIpc) is 2.37. The first-order valence-corrected chi connectivity index (χ1v) is 7.25. The highest BCUT2D eigenvalue weighted by molar-refractivity contribution is 7.80. The number of rotatable bonds is 4. The number of carbonyl (C=O) groups is 1. The molecule has 0 aliphatic carbocycles. The van der Waals surface area contributed by atoms with E-state index in [0.717, 1.165) is 18.3 Å². The second-order valence-electron chi connectivity index (χ2n) is 5.66. The minimum atomic E-state index is -4.86. The van der Waals surface area contributed by atoms with Gasteiger partial charge in [0.1, 0.15) is 11.4 Å². The van der Waals surface area contributed by atoms with E-state index >= 15 is 0 Å². The standard InChI is InChI=1S/C14H17F3N4O3S/c1-13(2,3)24-12(22)20-10-5-4-9(23-14(15,16)17)6-8(10)7-19-21-11(18)25/h4-7H,1-3H3,(H,20,22)(H3,18,21,25). The zero-order valence-electron chi connectivity index (χ0n) is 13.6. The van der Waals surface area contributed by atoms with Crippen LogP contribution in [0.5, 0.6) is 5.75 Å². The van der Waals surface area contributed by atoms with Gasteiger partial charge in [-0.15, -0.1) is 13.2 Å². The molecule has 0 aromatic heterocycles. The Morgan fingerprint density at radius 1 is 1.32 bits per heavy atom. The SMILES string of the molecule is CC(C)(C)OC(=O)Nc1ccc(OC(F)(F)F)cc1C=NNC(N)=S. The van der Waals surface area contributed by atoms with Gasteiger partial charge in [-0.2, -0.15) is 5.10 Å². The Bertz CT molecular complexity index is 672. The van der Waals surface area contributed by atoms with E-state index < -0.39 is 23.8 Å². The Kier molecular flexibility index (Phi) is 6.56. The fourth-order valence-corrected chi connectivity index (χ4v) is 1.59. The van der Waals surface area contributed by atoms with E-state index in [4.69, 9.17) is 10.5 Å². The van der Waals surface area contributed by atoms with Gasteiger partial charge in [-0.25, -0.2) is 4.79 Å². The summed E-state index contributed by atoms with van der Waals surface area (Å²) >= 11 is 4.56. The van der Waals surface area contributed by atoms with Gasteiger partial charge in [0.15, 0.2) is 5.11 Å². The summed E-state index contributed by atoms with van der Waals surface area (Å²) in [4.78, 5) is 11.8. The third-order valence-corrected chi connectivity index (χ3v) is 2.36. The van der Waals surface area contributed by atoms with Crippen LogP contribution in [0, 0.1) is 0 Å². The number of halogens is 3. The van der Waals surface area contributed by atoms with Crippen LogP contribution in [0.4, 0.5) is 23.7 Å². The smallest absolute Gasteiger partial charge is 0.444 e. The quantitative estimate of drug-likeness (QED) is 0.423. The molecule has 11 heteroatoms. The highest BCUT2D eigenvalue weighted by atomic mass is 32.1. The Labute approximate surface area is 147 Å². The molecule has 0 aliphatic rings. The lowest BCUT2D eigenvalue weighted by molar-refractivity contribution is -0.274. The Hall–Kier alpha value is -2.56. The van der Waals surface area contributed by atoms with Gasteiger partial charge in [-0.1, -0.05) is 0 Å². The first-order chi connectivity index (χ1) is 11.4. The number of amides is 1. The molecule has 0 saturated carbocycles. The van der Waals surface area contributed by atoms with Crippen molar-refractivity contribution in [1.29, 1.82) is 0 Å². The minimum absolute atomic E-state index is 0.108. The number of ether oxygens (including phenoxy) is 2. The summed E-state index contributed by atoms with van der Waals surface area (Å²) in [6, 6.07) is 3.29. The summed E-state index contributed by atoms with van der Waals surface area (Å²) in [5.41, 5.74) is 6.97. The van der Waals surface area contributed by atoms with Crippen LogP contribution < -0.4 is 21.2 Å². The van der Waals surface area contributed by atoms with Gasteiger partial charge in [0, 0.05) is 5.56 Å². The number of thiocarbonyl (C=S) groups is 1. The van der Waals surface area contributed by atoms with Crippen LogP contribution in [0.3, 0.4) is 0 Å². The lowest BCUT2D eigenvalue weighted by Crippen LogP contribution is -2.27. The molecule has 0 spiro atoms. The predicted molar refractivity (Wildman–Crippen MR) is 90.5 cm³/mol. The molecule has 1 amide bonds. The van der Waals surface area contributed by atoms with Gasteiger partial charge in [0.25, 0.3) is 0 Å². The summed E-state index contributed by atoms with van der Waals surface area (Å²) < 4.78 is 45.9. The van der Waals surface area contributed by atoms with E-state index in [1.807, 2.05) is 0 Å². The van der Waals surface area contributed by atoms with Gasteiger partial charge in [0.2, 0.25) is 0 Å². The lowest BCUT2D eigenvalue weighted by Gasteiger charge is -2.20. The molecule has 0 aliphatic heterocycles. The largest absolute Gasteiger partial charge is 0.573 e. The Morgan fingerprint density at radius 2 is 1.96 bits per heavy atom. The molecule has 0 radical (unpaired) electrons. The van der Waals surface area contributed by atoms with Crippen molar-refractivity contribution in [3.63, 3.8) is 0 Å². The third-order valence-electron chi connectivity index (χ3n) is 2.27. The molecule has 1 aromatic carbocycles. The second kappa shape index (κ2) is 8.01. The van der Waals surface area contributed by atoms with Crippen molar-refractivity contribution in [1.82, 2.24) is 5.43 Å². The van der Waals surface area contributed by atoms with Gasteiger partial charge < -0.3 is 15.2 Å². The molecule has 1 aromatic rings. The molecular weight excluding hydrogens is 361 g/mol. The van der Waals surface area contributed by atoms with Crippen LogP contribution in [0.25, 0.3) is 0 Å². The molecule has 138 valence electrons. The van der Waals surface area contributed by atoms with E-state index in [0.29, 0.717) is 0 Å². The maximum absolute atomic E-state index is 12.3. The molecule has 0 saturated heterocycles. The summed E-state index contributed by atoms with van der Waals surface area (Å²) in [6.07, 6.45) is -4.52. The topological polar surface area (TPSA) is 98.0 Å². The molecule has 0 heterocycles. The van der Waals surface area contributed by atoms with Crippen molar-refractivity contribution in [2.45, 2.75) is 32.7 Å². The van der Waals surface area contributed by atoms with Crippen LogP contribution in [-0.2, 0) is 4.74 Å². The van der Waals surface area contributed by atoms with Crippen molar-refractivity contribution >= 4 is 35.3 Å². The normalized spacial score (nSPS) is 11.9. The maximum atomic E-state index is 12.3. The number of nitrogens with zero attached hydrogens (tertiary/aromatic N) is 1. The number of benzene rings is 1. The number of hydrazone groups is 1. The molecule has 0 atom stereocenters. The summed E-state index contributed by atoms with van der Waals surface area (Å²) in [5, 5.41) is 5.93. The van der Waals surface area contributed by atoms with Crippen LogP contribution in [0.15, 0.2) is 23.3 Å². The monoisotopic (exact) mass is 378 g/mol. The van der Waals surface area contributed by atoms with E-state index in [1.165, 1.54) is 6.07 Å². The van der Waals surface area contributed by atoms with Crippen molar-refractivity contribution < 1.29 is 27.4 Å². The van der Waals surface area contributed by atoms with E-state index in [1.54, 1.807) is 20.8 Å². The van der Waals surface area contributed by atoms with Crippen molar-refractivity contribution in [2.75, 3.05) is 5.32 Å². The molecule has 0 bridgehead atoms. The van der Waals surface area contributed by atoms with Crippen molar-refractivity contribution in [3.05, 3.63) is 23.8 Å². The first kappa shape index (κ1) is 20.5. The minimum Gasteiger partial charge on any atom is -0.444 e. The Morgan fingerprint density at radius 3 is 2.48 bits per heavy atom. The van der Waals surface area contributed by atoms with Gasteiger partial charge in [0.05, 0.1) is 11.9 Å². The molecule has 1 rings (SSSR count). The highest BCUT2D eigenvalue weighted by Crippen LogP contribution is 2.27. The van der Waals surface area contributed by atoms with Crippen molar-refractivity contribution in [2.24, 2.45) is 10.8 Å². The zero-order chi connectivity index (χ0) is 19.3. The predicted octanol–water partition coefficient (Wildman–Crippen LogP) is 3.10. The number of anilines is 1. The van der Waals surface area contributed by atoms with E-state index in [2.05, 4.69) is 32.8 Å². The van der Waals surface area contributed by atoms with Crippen LogP contribution in [-0.4, -0.2) is 29.4 Å². The number of carbonyl (C=O) groups excluding carboxylic acids is 1. The number of nitrogens with one attached hydrogen (secondary N) is 2. The third kappa shape index (κ3) is 8.74. The number of nitrogens with two attached hydrogens (primary N) is 1. The van der Waals surface area contributed by atoms with Gasteiger partial charge in [-0.3, -0.25) is 10.7 Å². The molecule has 25 heavy (non-hydrogen) atoms. The van der Waals surface area contributed by atoms with Crippen LogP contribution in [0.2, 0.25) is 0 Å². The molecule has 7 nitrogen and oxygen atoms in total. The molecule has 0 unspecified atom stereocenters. The fourth-order valence-electron chi connectivity index (χ4n) is 1.54. The number of hydrogen-bond donors (Lipinski definition) is 3. The number of alkyl halides is 3. The lowest BCUT2D eigenvalue weighted by atomic mass is 10.2. The molecular formula is C14H17F3N4O3S. The second-order valence-corrected chi connectivity index (χ2v) is 6.10. The highest BCUT2D eigenvalue weighted by Gasteiger charge is 2.31. The zero-order valence-corrected chi connectivity index (χ0v) is 14.4. The fraction of sp³-hybridized carbons (Fsp3) is 0.357. The summed E-state index contributed by atoms with van der Waals surface area (Å²) in [6.45, 7) is 5.00.